The summed E-state index contributed by atoms with van der Waals surface area (Å²) in [5.41, 5.74) is 0.403. The Morgan fingerprint density at radius 3 is 2.65 bits per heavy atom. The highest BCUT2D eigenvalue weighted by atomic mass is 35.5. The molecule has 1 heterocycles. The average Bonchev–Trinajstić information content (AvgIpc) is 2.47. The highest BCUT2D eigenvalue weighted by Crippen LogP contribution is 2.29. The van der Waals surface area contributed by atoms with E-state index in [1.165, 1.54) is 0 Å². The van der Waals surface area contributed by atoms with Crippen LogP contribution in [-0.2, 0) is 10.2 Å². The number of carbonyl (C=O) groups is 1. The van der Waals surface area contributed by atoms with E-state index in [1.54, 1.807) is 0 Å². The maximum atomic E-state index is 12.8. The number of benzene rings is 1. The van der Waals surface area contributed by atoms with Crippen LogP contribution in [0.1, 0.15) is 32.3 Å². The van der Waals surface area contributed by atoms with Crippen LogP contribution < -0.4 is 0 Å². The van der Waals surface area contributed by atoms with Crippen molar-refractivity contribution >= 4 is 17.5 Å². The molecule has 0 radical (unpaired) electrons. The van der Waals surface area contributed by atoms with Gasteiger partial charge in [-0.05, 0) is 50.3 Å². The van der Waals surface area contributed by atoms with Gasteiger partial charge in [0.2, 0.25) is 5.91 Å². The molecule has 1 atom stereocenters. The van der Waals surface area contributed by atoms with Crippen molar-refractivity contribution in [3.63, 3.8) is 0 Å². The van der Waals surface area contributed by atoms with Gasteiger partial charge in [0, 0.05) is 24.7 Å². The third-order valence-corrected chi connectivity index (χ3v) is 4.42. The van der Waals surface area contributed by atoms with Gasteiger partial charge in [0.25, 0.3) is 0 Å². The molecular weight excluding hydrogens is 274 g/mol. The molecule has 3 nitrogen and oxygen atoms in total. The van der Waals surface area contributed by atoms with Crippen molar-refractivity contribution in [3.8, 4) is 0 Å². The second-order valence-electron chi connectivity index (χ2n) is 6.07. The largest absolute Gasteiger partial charge is 0.396 e. The van der Waals surface area contributed by atoms with Gasteiger partial charge in [-0.15, -0.1) is 0 Å². The summed E-state index contributed by atoms with van der Waals surface area (Å²) in [6.07, 6.45) is 1.97. The number of halogens is 1. The summed E-state index contributed by atoms with van der Waals surface area (Å²) in [5.74, 6) is 0.340. The molecule has 20 heavy (non-hydrogen) atoms. The van der Waals surface area contributed by atoms with Crippen molar-refractivity contribution in [2.45, 2.75) is 32.1 Å². The first-order valence-corrected chi connectivity index (χ1v) is 7.49. The van der Waals surface area contributed by atoms with Crippen LogP contribution in [-0.4, -0.2) is 35.6 Å². The van der Waals surface area contributed by atoms with Crippen molar-refractivity contribution in [2.75, 3.05) is 19.7 Å². The average molecular weight is 296 g/mol. The Morgan fingerprint density at radius 1 is 1.40 bits per heavy atom. The number of amides is 1. The van der Waals surface area contributed by atoms with Crippen LogP contribution in [0.25, 0.3) is 0 Å². The molecule has 1 aromatic rings. The van der Waals surface area contributed by atoms with E-state index in [-0.39, 0.29) is 18.4 Å². The molecule has 1 aliphatic heterocycles. The predicted octanol–water partition coefficient (Wildman–Crippen LogP) is 2.85. The Balaban J connectivity index is 2.16. The second kappa shape index (κ2) is 6.15. The minimum atomic E-state index is -0.568. The molecule has 110 valence electrons. The monoisotopic (exact) mass is 295 g/mol. The number of nitrogens with zero attached hydrogens (tertiary/aromatic N) is 1. The van der Waals surface area contributed by atoms with Crippen LogP contribution in [0.15, 0.2) is 24.3 Å². The standard InChI is InChI=1S/C16H22ClNO2/c1-16(2,13-5-7-14(17)8-6-13)15(20)18-9-3-4-12(10-18)11-19/h5-8,12,19H,3-4,9-11H2,1-2H3. The maximum absolute atomic E-state index is 12.8. The van der Waals surface area contributed by atoms with E-state index in [0.29, 0.717) is 11.6 Å². The number of hydrogen-bond acceptors (Lipinski definition) is 2. The lowest BCUT2D eigenvalue weighted by Gasteiger charge is -2.37. The predicted molar refractivity (Wildman–Crippen MR) is 80.9 cm³/mol. The number of aliphatic hydroxyl groups is 1. The number of aliphatic hydroxyl groups excluding tert-OH is 1. The SMILES string of the molecule is CC(C)(C(=O)N1CCCC(CO)C1)c1ccc(Cl)cc1. The summed E-state index contributed by atoms with van der Waals surface area (Å²) in [5, 5.41) is 9.96. The number of likely N-dealkylation sites (tertiary alicyclic amines) is 1. The summed E-state index contributed by atoms with van der Waals surface area (Å²) in [4.78, 5) is 14.7. The molecule has 0 aromatic heterocycles. The van der Waals surface area contributed by atoms with Gasteiger partial charge in [0.1, 0.15) is 0 Å². The third-order valence-electron chi connectivity index (χ3n) is 4.16. The zero-order chi connectivity index (χ0) is 14.8. The first-order valence-electron chi connectivity index (χ1n) is 7.11. The molecule has 1 aliphatic rings. The Labute approximate surface area is 125 Å². The molecule has 0 aliphatic carbocycles. The fourth-order valence-corrected chi connectivity index (χ4v) is 2.91. The van der Waals surface area contributed by atoms with Crippen molar-refractivity contribution in [1.29, 1.82) is 0 Å². The minimum Gasteiger partial charge on any atom is -0.396 e. The zero-order valence-corrected chi connectivity index (χ0v) is 12.9. The van der Waals surface area contributed by atoms with Gasteiger partial charge >= 0.3 is 0 Å². The highest BCUT2D eigenvalue weighted by Gasteiger charge is 2.35. The summed E-state index contributed by atoms with van der Waals surface area (Å²) in [6.45, 7) is 5.49. The molecule has 1 N–H and O–H groups in total. The molecule has 4 heteroatoms. The fourth-order valence-electron chi connectivity index (χ4n) is 2.78. The lowest BCUT2D eigenvalue weighted by atomic mass is 9.82. The van der Waals surface area contributed by atoms with E-state index in [1.807, 2.05) is 43.0 Å². The Hall–Kier alpha value is -1.06. The van der Waals surface area contributed by atoms with E-state index in [4.69, 9.17) is 11.6 Å². The van der Waals surface area contributed by atoms with Gasteiger partial charge in [-0.25, -0.2) is 0 Å². The molecule has 0 spiro atoms. The lowest BCUT2D eigenvalue weighted by molar-refractivity contribution is -0.138. The zero-order valence-electron chi connectivity index (χ0n) is 12.1. The molecule has 0 saturated carbocycles. The summed E-state index contributed by atoms with van der Waals surface area (Å²) >= 11 is 5.90. The van der Waals surface area contributed by atoms with Crippen molar-refractivity contribution < 1.29 is 9.90 Å². The highest BCUT2D eigenvalue weighted by molar-refractivity contribution is 6.30. The van der Waals surface area contributed by atoms with Crippen LogP contribution in [0.3, 0.4) is 0 Å². The van der Waals surface area contributed by atoms with Crippen molar-refractivity contribution in [1.82, 2.24) is 4.90 Å². The molecular formula is C16H22ClNO2. The van der Waals surface area contributed by atoms with Gasteiger partial charge < -0.3 is 10.0 Å². The van der Waals surface area contributed by atoms with E-state index in [9.17, 15) is 9.90 Å². The number of hydrogen-bond donors (Lipinski definition) is 1. The van der Waals surface area contributed by atoms with Gasteiger partial charge in [-0.1, -0.05) is 23.7 Å². The topological polar surface area (TPSA) is 40.5 Å². The van der Waals surface area contributed by atoms with Gasteiger partial charge in [-0.3, -0.25) is 4.79 Å². The van der Waals surface area contributed by atoms with Crippen LogP contribution in [0.5, 0.6) is 0 Å². The molecule has 2 rings (SSSR count). The van der Waals surface area contributed by atoms with Crippen LogP contribution in [0, 0.1) is 5.92 Å². The van der Waals surface area contributed by atoms with Gasteiger partial charge in [-0.2, -0.15) is 0 Å². The smallest absolute Gasteiger partial charge is 0.232 e. The fraction of sp³-hybridized carbons (Fsp3) is 0.562. The molecule has 1 aromatic carbocycles. The first-order chi connectivity index (χ1) is 9.45. The molecule has 1 amide bonds. The summed E-state index contributed by atoms with van der Waals surface area (Å²) in [6, 6.07) is 7.46. The summed E-state index contributed by atoms with van der Waals surface area (Å²) < 4.78 is 0. The molecule has 0 bridgehead atoms. The van der Waals surface area contributed by atoms with E-state index in [2.05, 4.69) is 0 Å². The van der Waals surface area contributed by atoms with E-state index < -0.39 is 5.41 Å². The Bertz CT molecular complexity index is 470. The van der Waals surface area contributed by atoms with Gasteiger partial charge in [0.05, 0.1) is 5.41 Å². The number of rotatable bonds is 3. The molecule has 1 fully saturated rings. The summed E-state index contributed by atoms with van der Waals surface area (Å²) in [7, 11) is 0. The number of piperidine rings is 1. The van der Waals surface area contributed by atoms with Crippen LogP contribution in [0.4, 0.5) is 0 Å². The first kappa shape index (κ1) is 15.3. The second-order valence-corrected chi connectivity index (χ2v) is 6.51. The van der Waals surface area contributed by atoms with Crippen molar-refractivity contribution in [3.05, 3.63) is 34.9 Å². The minimum absolute atomic E-state index is 0.123. The quantitative estimate of drug-likeness (QED) is 0.931. The third kappa shape index (κ3) is 3.15. The maximum Gasteiger partial charge on any atom is 0.232 e. The Kier molecular flexibility index (Phi) is 4.71. The lowest BCUT2D eigenvalue weighted by Crippen LogP contribution is -2.48. The van der Waals surface area contributed by atoms with E-state index in [0.717, 1.165) is 24.9 Å². The number of carbonyl (C=O) groups excluding carboxylic acids is 1. The van der Waals surface area contributed by atoms with E-state index >= 15 is 0 Å². The van der Waals surface area contributed by atoms with Crippen LogP contribution in [0.2, 0.25) is 5.02 Å². The van der Waals surface area contributed by atoms with Gasteiger partial charge in [0.15, 0.2) is 0 Å². The van der Waals surface area contributed by atoms with Crippen LogP contribution >= 0.6 is 11.6 Å². The normalized spacial score (nSPS) is 20.0. The molecule has 1 unspecified atom stereocenters. The Morgan fingerprint density at radius 2 is 2.05 bits per heavy atom. The van der Waals surface area contributed by atoms with Crippen molar-refractivity contribution in [2.24, 2.45) is 5.92 Å². The molecule has 1 saturated heterocycles.